The zero-order chi connectivity index (χ0) is 12.4. The van der Waals surface area contributed by atoms with Gasteiger partial charge in [-0.05, 0) is 6.42 Å². The van der Waals surface area contributed by atoms with Crippen molar-refractivity contribution in [3.8, 4) is 0 Å². The smallest absolute Gasteiger partial charge is 0.337 e. The fourth-order valence-corrected chi connectivity index (χ4v) is 0.963. The average molecular weight is 250 g/mol. The molecule has 0 aliphatic carbocycles. The summed E-state index contributed by atoms with van der Waals surface area (Å²) in [7, 11) is -3.29. The van der Waals surface area contributed by atoms with E-state index in [2.05, 4.69) is 20.7 Å². The van der Waals surface area contributed by atoms with E-state index in [1.165, 1.54) is 19.3 Å². The summed E-state index contributed by atoms with van der Waals surface area (Å²) in [5.74, 6) is 0. The van der Waals surface area contributed by atoms with E-state index in [4.69, 9.17) is 4.55 Å². The van der Waals surface area contributed by atoms with Crippen molar-refractivity contribution in [1.29, 1.82) is 0 Å². The molecule has 94 valence electrons. The second-order valence-corrected chi connectivity index (χ2v) is 4.29. The van der Waals surface area contributed by atoms with Crippen molar-refractivity contribution in [3.05, 3.63) is 18.7 Å². The zero-order valence-electron chi connectivity index (χ0n) is 9.54. The molecule has 1 aromatic rings. The van der Waals surface area contributed by atoms with Crippen molar-refractivity contribution in [1.82, 2.24) is 9.55 Å². The highest BCUT2D eigenvalue weighted by Gasteiger charge is 1.94. The third kappa shape index (κ3) is 9.63. The lowest BCUT2D eigenvalue weighted by molar-refractivity contribution is 0.324. The summed E-state index contributed by atoms with van der Waals surface area (Å²) < 4.78 is 31.8. The minimum absolute atomic E-state index is 0.870. The number of aryl methyl sites for hydroxylation is 1. The van der Waals surface area contributed by atoms with Crippen molar-refractivity contribution in [2.75, 3.05) is 7.11 Å². The highest BCUT2D eigenvalue weighted by molar-refractivity contribution is 7.80. The van der Waals surface area contributed by atoms with Gasteiger partial charge in [-0.2, -0.15) is 8.42 Å². The van der Waals surface area contributed by atoms with E-state index in [0.717, 1.165) is 13.7 Å². The van der Waals surface area contributed by atoms with Crippen LogP contribution in [0.5, 0.6) is 0 Å². The van der Waals surface area contributed by atoms with Crippen molar-refractivity contribution in [2.24, 2.45) is 0 Å². The predicted molar refractivity (Wildman–Crippen MR) is 60.3 cm³/mol. The Balaban J connectivity index is 0.000000325. The fourth-order valence-electron chi connectivity index (χ4n) is 0.963. The maximum atomic E-state index is 9.33. The molecular weight excluding hydrogens is 232 g/mol. The monoisotopic (exact) mass is 250 g/mol. The third-order valence-corrected chi connectivity index (χ3v) is 2.21. The van der Waals surface area contributed by atoms with E-state index >= 15 is 0 Å². The molecule has 16 heavy (non-hydrogen) atoms. The van der Waals surface area contributed by atoms with Gasteiger partial charge in [0.25, 0.3) is 0 Å². The fraction of sp³-hybridized carbons (Fsp3) is 0.667. The van der Waals surface area contributed by atoms with Gasteiger partial charge in [-0.15, -0.1) is 0 Å². The first-order valence-corrected chi connectivity index (χ1v) is 6.35. The van der Waals surface area contributed by atoms with Gasteiger partial charge in [-0.25, -0.2) is 4.98 Å². The van der Waals surface area contributed by atoms with Crippen LogP contribution in [0.3, 0.4) is 0 Å². The Morgan fingerprint density at radius 2 is 2.06 bits per heavy atom. The molecule has 0 radical (unpaired) electrons. The van der Waals surface area contributed by atoms with Crippen LogP contribution in [0, 0.1) is 0 Å². The molecule has 0 aliphatic rings. The van der Waals surface area contributed by atoms with Crippen molar-refractivity contribution >= 4 is 10.4 Å². The van der Waals surface area contributed by atoms with E-state index < -0.39 is 10.4 Å². The molecule has 0 aromatic carbocycles. The van der Waals surface area contributed by atoms with Gasteiger partial charge in [0.15, 0.2) is 0 Å². The second-order valence-electron chi connectivity index (χ2n) is 3.10. The SMILES string of the molecule is CCCCCn1ccnc1.COS(=O)(=O)O. The van der Waals surface area contributed by atoms with Crippen molar-refractivity contribution in [2.45, 2.75) is 32.7 Å². The molecule has 1 aromatic heterocycles. The molecule has 0 atom stereocenters. The quantitative estimate of drug-likeness (QED) is 0.632. The molecule has 1 rings (SSSR count). The zero-order valence-corrected chi connectivity index (χ0v) is 10.4. The van der Waals surface area contributed by atoms with Gasteiger partial charge in [-0.1, -0.05) is 19.8 Å². The molecule has 1 N–H and O–H groups in total. The van der Waals surface area contributed by atoms with Gasteiger partial charge in [0.05, 0.1) is 13.4 Å². The Kier molecular flexibility index (Phi) is 7.78. The minimum atomic E-state index is -4.16. The first kappa shape index (κ1) is 15.1. The molecule has 0 amide bonds. The topological polar surface area (TPSA) is 81.4 Å². The summed E-state index contributed by atoms with van der Waals surface area (Å²) in [4.78, 5) is 3.96. The lowest BCUT2D eigenvalue weighted by Crippen LogP contribution is -1.96. The van der Waals surface area contributed by atoms with E-state index in [1.807, 2.05) is 18.7 Å². The molecule has 0 saturated heterocycles. The molecule has 6 nitrogen and oxygen atoms in total. The molecule has 0 bridgehead atoms. The summed E-state index contributed by atoms with van der Waals surface area (Å²) >= 11 is 0. The summed E-state index contributed by atoms with van der Waals surface area (Å²) in [6.07, 6.45) is 9.58. The van der Waals surface area contributed by atoms with Gasteiger partial charge in [0.2, 0.25) is 0 Å². The normalized spacial score (nSPS) is 10.7. The summed E-state index contributed by atoms with van der Waals surface area (Å²) in [6.45, 7) is 3.34. The van der Waals surface area contributed by atoms with Crippen LogP contribution >= 0.6 is 0 Å². The van der Waals surface area contributed by atoms with Crippen LogP contribution in [0.25, 0.3) is 0 Å². The number of nitrogens with zero attached hydrogens (tertiary/aromatic N) is 2. The first-order valence-electron chi connectivity index (χ1n) is 4.98. The van der Waals surface area contributed by atoms with Crippen LogP contribution in [0.4, 0.5) is 0 Å². The standard InChI is InChI=1S/C8H14N2.CH4O4S/c1-2-3-4-6-10-7-5-9-8-10;1-5-6(2,3)4/h5,7-8H,2-4,6H2,1H3;1H3,(H,2,3,4). The van der Waals surface area contributed by atoms with E-state index in [0.29, 0.717) is 0 Å². The van der Waals surface area contributed by atoms with Gasteiger partial charge < -0.3 is 4.57 Å². The summed E-state index contributed by atoms with van der Waals surface area (Å²) in [5, 5.41) is 0. The maximum absolute atomic E-state index is 9.33. The van der Waals surface area contributed by atoms with Gasteiger partial charge >= 0.3 is 10.4 Å². The molecule has 7 heteroatoms. The number of unbranched alkanes of at least 4 members (excludes halogenated alkanes) is 2. The van der Waals surface area contributed by atoms with Gasteiger partial charge in [-0.3, -0.25) is 8.74 Å². The second kappa shape index (κ2) is 8.26. The first-order chi connectivity index (χ1) is 7.49. The molecule has 0 spiro atoms. The molecular formula is C9H18N2O4S. The third-order valence-electron chi connectivity index (χ3n) is 1.79. The van der Waals surface area contributed by atoms with Crippen molar-refractivity contribution in [3.63, 3.8) is 0 Å². The van der Waals surface area contributed by atoms with E-state index in [-0.39, 0.29) is 0 Å². The lowest BCUT2D eigenvalue weighted by Gasteiger charge is -1.98. The Morgan fingerprint density at radius 3 is 2.44 bits per heavy atom. The predicted octanol–water partition coefficient (Wildman–Crippen LogP) is 1.51. The average Bonchev–Trinajstić information content (AvgIpc) is 2.71. The van der Waals surface area contributed by atoms with Crippen LogP contribution in [0.2, 0.25) is 0 Å². The molecule has 1 heterocycles. The molecule has 0 saturated carbocycles. The van der Waals surface area contributed by atoms with E-state index in [9.17, 15) is 8.42 Å². The number of hydrogen-bond acceptors (Lipinski definition) is 4. The number of hydrogen-bond donors (Lipinski definition) is 1. The molecule has 0 fully saturated rings. The van der Waals surface area contributed by atoms with Crippen LogP contribution in [0.15, 0.2) is 18.7 Å². The van der Waals surface area contributed by atoms with Crippen LogP contribution in [-0.4, -0.2) is 29.6 Å². The number of rotatable bonds is 5. The Morgan fingerprint density at radius 1 is 1.44 bits per heavy atom. The van der Waals surface area contributed by atoms with Crippen LogP contribution < -0.4 is 0 Å². The highest BCUT2D eigenvalue weighted by Crippen LogP contribution is 1.97. The van der Waals surface area contributed by atoms with Gasteiger partial charge in [0.1, 0.15) is 0 Å². The number of aromatic nitrogens is 2. The Bertz CT molecular complexity index is 348. The number of imidazole rings is 1. The maximum Gasteiger partial charge on any atom is 0.397 e. The molecule has 0 unspecified atom stereocenters. The lowest BCUT2D eigenvalue weighted by atomic mass is 10.2. The Hall–Kier alpha value is -0.920. The van der Waals surface area contributed by atoms with Crippen LogP contribution in [0.1, 0.15) is 26.2 Å². The van der Waals surface area contributed by atoms with Gasteiger partial charge in [0, 0.05) is 18.9 Å². The van der Waals surface area contributed by atoms with Crippen molar-refractivity contribution < 1.29 is 17.2 Å². The molecule has 0 aliphatic heterocycles. The summed E-state index contributed by atoms with van der Waals surface area (Å²) in [5.41, 5.74) is 0. The summed E-state index contributed by atoms with van der Waals surface area (Å²) in [6, 6.07) is 0. The van der Waals surface area contributed by atoms with E-state index in [1.54, 1.807) is 0 Å². The highest BCUT2D eigenvalue weighted by atomic mass is 32.3. The Labute approximate surface area is 96.2 Å². The van der Waals surface area contributed by atoms with Crippen LogP contribution in [-0.2, 0) is 21.1 Å². The largest absolute Gasteiger partial charge is 0.397 e. The minimum Gasteiger partial charge on any atom is -0.337 e.